The van der Waals surface area contributed by atoms with Gasteiger partial charge in [-0.25, -0.2) is 8.78 Å². The highest BCUT2D eigenvalue weighted by Crippen LogP contribution is 2.44. The van der Waals surface area contributed by atoms with Crippen LogP contribution in [0.4, 0.5) is 8.78 Å². The largest absolute Gasteiger partial charge is 0.380 e. The molecule has 2 aliphatic rings. The highest BCUT2D eigenvalue weighted by molar-refractivity contribution is 5.36. The monoisotopic (exact) mass is 357 g/mol. The van der Waals surface area contributed by atoms with Crippen LogP contribution >= 0.6 is 0 Å². The van der Waals surface area contributed by atoms with Gasteiger partial charge in [0.1, 0.15) is 17.2 Å². The van der Waals surface area contributed by atoms with Crippen molar-refractivity contribution >= 4 is 0 Å². The molecule has 2 unspecified atom stereocenters. The molecular formula is C22H25F2NO. The normalized spacial score (nSPS) is 26.2. The molecule has 0 aliphatic carbocycles. The first-order valence-electron chi connectivity index (χ1n) is 9.42. The van der Waals surface area contributed by atoms with Gasteiger partial charge in [0, 0.05) is 12.1 Å². The molecule has 26 heavy (non-hydrogen) atoms. The number of hydrogen-bond donors (Lipinski definition) is 1. The maximum Gasteiger partial charge on any atom is 0.123 e. The van der Waals surface area contributed by atoms with E-state index in [1.165, 1.54) is 37.1 Å². The van der Waals surface area contributed by atoms with Crippen molar-refractivity contribution in [2.75, 3.05) is 7.05 Å². The lowest BCUT2D eigenvalue weighted by molar-refractivity contribution is 0.0263. The quantitative estimate of drug-likeness (QED) is 0.873. The summed E-state index contributed by atoms with van der Waals surface area (Å²) in [7, 11) is 2.18. The Morgan fingerprint density at radius 2 is 1.46 bits per heavy atom. The number of aliphatic hydroxyl groups is 1. The molecule has 2 heterocycles. The van der Waals surface area contributed by atoms with Crippen molar-refractivity contribution in [2.24, 2.45) is 5.92 Å². The van der Waals surface area contributed by atoms with Crippen LogP contribution in [0.5, 0.6) is 0 Å². The molecule has 2 aromatic carbocycles. The number of hydrogen-bond acceptors (Lipinski definition) is 2. The molecule has 4 rings (SSSR count). The molecule has 0 spiro atoms. The van der Waals surface area contributed by atoms with Crippen LogP contribution in [0.25, 0.3) is 0 Å². The van der Waals surface area contributed by atoms with E-state index in [-0.39, 0.29) is 11.6 Å². The molecular weight excluding hydrogens is 332 g/mol. The molecule has 0 amide bonds. The summed E-state index contributed by atoms with van der Waals surface area (Å²) in [4.78, 5) is 2.46. The minimum Gasteiger partial charge on any atom is -0.380 e. The Balaban J connectivity index is 1.69. The third kappa shape index (κ3) is 3.17. The van der Waals surface area contributed by atoms with E-state index in [1.807, 2.05) is 0 Å². The van der Waals surface area contributed by atoms with E-state index >= 15 is 0 Å². The maximum atomic E-state index is 13.9. The van der Waals surface area contributed by atoms with E-state index in [1.54, 1.807) is 24.3 Å². The number of nitrogens with zero attached hydrogens (tertiary/aromatic N) is 1. The zero-order valence-electron chi connectivity index (χ0n) is 15.0. The van der Waals surface area contributed by atoms with Crippen molar-refractivity contribution in [1.82, 2.24) is 4.90 Å². The van der Waals surface area contributed by atoms with Crippen molar-refractivity contribution in [3.63, 3.8) is 0 Å². The highest BCUT2D eigenvalue weighted by atomic mass is 19.1. The van der Waals surface area contributed by atoms with Crippen molar-refractivity contribution in [1.29, 1.82) is 0 Å². The Kier molecular flexibility index (Phi) is 4.57. The lowest BCUT2D eigenvalue weighted by atomic mass is 9.75. The van der Waals surface area contributed by atoms with Crippen molar-refractivity contribution in [2.45, 2.75) is 49.8 Å². The molecule has 2 aliphatic heterocycles. The van der Waals surface area contributed by atoms with Gasteiger partial charge in [-0.1, -0.05) is 24.3 Å². The van der Waals surface area contributed by atoms with Crippen LogP contribution in [-0.2, 0) is 5.60 Å². The highest BCUT2D eigenvalue weighted by Gasteiger charge is 2.42. The van der Waals surface area contributed by atoms with E-state index in [9.17, 15) is 13.9 Å². The summed E-state index contributed by atoms with van der Waals surface area (Å²) in [5, 5.41) is 11.7. The Morgan fingerprint density at radius 3 is 1.92 bits per heavy atom. The summed E-state index contributed by atoms with van der Waals surface area (Å²) in [6.45, 7) is 0. The predicted molar refractivity (Wildman–Crippen MR) is 97.7 cm³/mol. The van der Waals surface area contributed by atoms with E-state index in [0.29, 0.717) is 35.5 Å². The molecule has 4 heteroatoms. The Bertz CT molecular complexity index is 734. The van der Waals surface area contributed by atoms with Gasteiger partial charge in [-0.05, 0) is 80.5 Å². The first-order chi connectivity index (χ1) is 12.5. The Hall–Kier alpha value is -1.78. The SMILES string of the molecule is CN1C2CCC1CC(CC(O)(c1cccc(F)c1)c1cccc(F)c1)C2. The predicted octanol–water partition coefficient (Wildman–Crippen LogP) is 4.46. The molecule has 1 N–H and O–H groups in total. The van der Waals surface area contributed by atoms with Crippen molar-refractivity contribution in [3.05, 3.63) is 71.3 Å². The molecule has 0 radical (unpaired) electrons. The average Bonchev–Trinajstić information content (AvgIpc) is 2.82. The second kappa shape index (κ2) is 6.75. The van der Waals surface area contributed by atoms with Gasteiger partial charge < -0.3 is 10.0 Å². The number of halogens is 2. The van der Waals surface area contributed by atoms with Gasteiger partial charge in [0.25, 0.3) is 0 Å². The van der Waals surface area contributed by atoms with Crippen molar-refractivity contribution < 1.29 is 13.9 Å². The van der Waals surface area contributed by atoms with Gasteiger partial charge in [-0.3, -0.25) is 0 Å². The van der Waals surface area contributed by atoms with E-state index in [0.717, 1.165) is 12.8 Å². The second-order valence-corrected chi connectivity index (χ2v) is 7.97. The zero-order valence-corrected chi connectivity index (χ0v) is 15.0. The van der Waals surface area contributed by atoms with Crippen LogP contribution < -0.4 is 0 Å². The summed E-state index contributed by atoms with van der Waals surface area (Å²) < 4.78 is 27.7. The maximum absolute atomic E-state index is 13.9. The summed E-state index contributed by atoms with van der Waals surface area (Å²) in [5.74, 6) is -0.443. The summed E-state index contributed by atoms with van der Waals surface area (Å²) in [6, 6.07) is 13.3. The molecule has 2 aromatic rings. The minimum atomic E-state index is -1.38. The smallest absolute Gasteiger partial charge is 0.123 e. The van der Waals surface area contributed by atoms with Crippen LogP contribution in [0, 0.1) is 17.6 Å². The Morgan fingerprint density at radius 1 is 0.962 bits per heavy atom. The van der Waals surface area contributed by atoms with Crippen molar-refractivity contribution in [3.8, 4) is 0 Å². The van der Waals surface area contributed by atoms with Crippen LogP contribution in [0.2, 0.25) is 0 Å². The summed E-state index contributed by atoms with van der Waals surface area (Å²) in [6.07, 6.45) is 4.95. The zero-order chi connectivity index (χ0) is 18.3. The van der Waals surface area contributed by atoms with Crippen LogP contribution in [0.15, 0.2) is 48.5 Å². The number of fused-ring (bicyclic) bond motifs is 2. The third-order valence-electron chi connectivity index (χ3n) is 6.38. The minimum absolute atomic E-state index is 0.334. The fourth-order valence-corrected chi connectivity index (χ4v) is 5.00. The number of piperidine rings is 1. The van der Waals surface area contributed by atoms with E-state index in [2.05, 4.69) is 11.9 Å². The fourth-order valence-electron chi connectivity index (χ4n) is 5.00. The Labute approximate surface area is 153 Å². The first-order valence-corrected chi connectivity index (χ1v) is 9.42. The molecule has 2 fully saturated rings. The molecule has 0 aromatic heterocycles. The first kappa shape index (κ1) is 17.6. The van der Waals surface area contributed by atoms with Gasteiger partial charge in [0.05, 0.1) is 0 Å². The topological polar surface area (TPSA) is 23.5 Å². The van der Waals surface area contributed by atoms with Crippen LogP contribution in [-0.4, -0.2) is 29.1 Å². The molecule has 2 saturated heterocycles. The van der Waals surface area contributed by atoms with Gasteiger partial charge in [-0.15, -0.1) is 0 Å². The second-order valence-electron chi connectivity index (χ2n) is 7.97. The van der Waals surface area contributed by atoms with E-state index < -0.39 is 5.60 Å². The summed E-state index contributed by atoms with van der Waals surface area (Å²) in [5.41, 5.74) is -0.395. The molecule has 2 atom stereocenters. The molecule has 138 valence electrons. The van der Waals surface area contributed by atoms with Gasteiger partial charge >= 0.3 is 0 Å². The van der Waals surface area contributed by atoms with Crippen LogP contribution in [0.3, 0.4) is 0 Å². The number of rotatable bonds is 4. The molecule has 0 saturated carbocycles. The van der Waals surface area contributed by atoms with Crippen LogP contribution in [0.1, 0.15) is 43.2 Å². The molecule has 2 nitrogen and oxygen atoms in total. The van der Waals surface area contributed by atoms with Gasteiger partial charge in [0.2, 0.25) is 0 Å². The van der Waals surface area contributed by atoms with E-state index in [4.69, 9.17) is 0 Å². The van der Waals surface area contributed by atoms with Gasteiger partial charge in [-0.2, -0.15) is 0 Å². The summed E-state index contributed by atoms with van der Waals surface area (Å²) >= 11 is 0. The lowest BCUT2D eigenvalue weighted by Gasteiger charge is -2.40. The molecule has 2 bridgehead atoms. The lowest BCUT2D eigenvalue weighted by Crippen LogP contribution is -2.42. The number of benzene rings is 2. The van der Waals surface area contributed by atoms with Gasteiger partial charge in [0.15, 0.2) is 0 Å². The average molecular weight is 357 g/mol. The standard InChI is InChI=1S/C22H25F2NO/c1-25-20-8-9-21(25)11-15(10-20)14-22(26,16-4-2-6-18(23)12-16)17-5-3-7-19(24)13-17/h2-7,12-13,15,20-21,26H,8-11,14H2,1H3. The fraction of sp³-hybridized carbons (Fsp3) is 0.455. The third-order valence-corrected chi connectivity index (χ3v) is 6.38.